The zero-order valence-corrected chi connectivity index (χ0v) is 13.3. The molecule has 0 bridgehead atoms. The van der Waals surface area contributed by atoms with E-state index in [0.717, 1.165) is 11.3 Å². The Bertz CT molecular complexity index is 628. The fraction of sp³-hybridized carbons (Fsp3) is 0.250. The highest BCUT2D eigenvalue weighted by atomic mass is 79.9. The predicted octanol–water partition coefficient (Wildman–Crippen LogP) is 4.96. The molecule has 1 aromatic heterocycles. The molecule has 0 saturated carbocycles. The Labute approximate surface area is 131 Å². The fourth-order valence-corrected chi connectivity index (χ4v) is 3.19. The van der Waals surface area contributed by atoms with E-state index in [1.807, 2.05) is 0 Å². The Morgan fingerprint density at radius 2 is 2.10 bits per heavy atom. The molecule has 1 N–H and O–H groups in total. The lowest BCUT2D eigenvalue weighted by atomic mass is 10.2. The van der Waals surface area contributed by atoms with Crippen molar-refractivity contribution in [3.63, 3.8) is 0 Å². The highest BCUT2D eigenvalue weighted by Crippen LogP contribution is 2.38. The van der Waals surface area contributed by atoms with Crippen LogP contribution in [0, 0.1) is 0 Å². The van der Waals surface area contributed by atoms with Gasteiger partial charge in [-0.2, -0.15) is 13.2 Å². The van der Waals surface area contributed by atoms with E-state index in [-0.39, 0.29) is 11.4 Å². The summed E-state index contributed by atoms with van der Waals surface area (Å²) in [5.41, 5.74) is -0.239. The van der Waals surface area contributed by atoms with Gasteiger partial charge >= 0.3 is 6.18 Å². The number of aromatic nitrogens is 1. The largest absolute Gasteiger partial charge is 0.434 e. The van der Waals surface area contributed by atoms with Gasteiger partial charge in [0.2, 0.25) is 0 Å². The normalized spacial score (nSPS) is 11.9. The van der Waals surface area contributed by atoms with Crippen LogP contribution in [0.3, 0.4) is 0 Å². The molecule has 0 aliphatic rings. The molecule has 0 fully saturated rings. The molecule has 1 heterocycles. The van der Waals surface area contributed by atoms with Crippen LogP contribution in [0.2, 0.25) is 5.02 Å². The molecule has 0 spiro atoms. The second-order valence-corrected chi connectivity index (χ2v) is 6.29. The Morgan fingerprint density at radius 1 is 1.40 bits per heavy atom. The van der Waals surface area contributed by atoms with E-state index in [9.17, 15) is 13.2 Å². The molecular weight excluding hydrogens is 377 g/mol. The number of nitrogens with one attached hydrogen (secondary N) is 1. The summed E-state index contributed by atoms with van der Waals surface area (Å²) in [6.45, 7) is 0.126. The number of thiazole rings is 1. The molecule has 0 aliphatic carbocycles. The lowest BCUT2D eigenvalue weighted by Crippen LogP contribution is -2.12. The van der Waals surface area contributed by atoms with Crippen LogP contribution < -0.4 is 5.32 Å². The van der Waals surface area contributed by atoms with Gasteiger partial charge in [0.15, 0.2) is 5.69 Å². The van der Waals surface area contributed by atoms with Crippen LogP contribution in [-0.4, -0.2) is 12.0 Å². The summed E-state index contributed by atoms with van der Waals surface area (Å²) in [6, 6.07) is 4.92. The molecule has 108 valence electrons. The summed E-state index contributed by atoms with van der Waals surface area (Å²) < 4.78 is 39.4. The SMILES string of the molecule is CNCc1sc(-c2ccc(Cl)c(Br)c2)nc1C(F)(F)F. The fourth-order valence-electron chi connectivity index (χ4n) is 1.61. The summed E-state index contributed by atoms with van der Waals surface area (Å²) in [7, 11) is 1.60. The molecule has 0 unspecified atom stereocenters. The van der Waals surface area contributed by atoms with Gasteiger partial charge in [0, 0.05) is 16.6 Å². The number of benzene rings is 1. The maximum Gasteiger partial charge on any atom is 0.434 e. The first kappa shape index (κ1) is 15.8. The highest BCUT2D eigenvalue weighted by Gasteiger charge is 2.37. The van der Waals surface area contributed by atoms with Crippen LogP contribution in [0.5, 0.6) is 0 Å². The number of hydrogen-bond acceptors (Lipinski definition) is 3. The van der Waals surface area contributed by atoms with E-state index < -0.39 is 11.9 Å². The number of hydrogen-bond donors (Lipinski definition) is 1. The first-order valence-electron chi connectivity index (χ1n) is 5.50. The average Bonchev–Trinajstić information content (AvgIpc) is 2.77. The number of rotatable bonds is 3. The molecule has 2 rings (SSSR count). The monoisotopic (exact) mass is 384 g/mol. The first-order chi connectivity index (χ1) is 9.32. The Morgan fingerprint density at radius 3 is 2.65 bits per heavy atom. The third kappa shape index (κ3) is 3.33. The zero-order valence-electron chi connectivity index (χ0n) is 10.2. The van der Waals surface area contributed by atoms with Crippen LogP contribution in [0.25, 0.3) is 10.6 Å². The maximum atomic E-state index is 12.9. The summed E-state index contributed by atoms with van der Waals surface area (Å²) in [4.78, 5) is 3.90. The standard InChI is InChI=1S/C12H9BrClF3N2S/c1-18-5-9-10(12(15,16)17)19-11(20-9)6-2-3-8(14)7(13)4-6/h2-4,18H,5H2,1H3. The molecule has 0 saturated heterocycles. The number of halogens is 5. The lowest BCUT2D eigenvalue weighted by molar-refractivity contribution is -0.141. The van der Waals surface area contributed by atoms with E-state index >= 15 is 0 Å². The van der Waals surface area contributed by atoms with Crippen molar-refractivity contribution in [3.05, 3.63) is 38.3 Å². The van der Waals surface area contributed by atoms with Crippen LogP contribution in [0.4, 0.5) is 13.2 Å². The van der Waals surface area contributed by atoms with Crippen molar-refractivity contribution in [2.75, 3.05) is 7.05 Å². The third-order valence-corrected chi connectivity index (χ3v) is 4.79. The predicted molar refractivity (Wildman–Crippen MR) is 78.0 cm³/mol. The van der Waals surface area contributed by atoms with Crippen LogP contribution in [-0.2, 0) is 12.7 Å². The molecular formula is C12H9BrClF3N2S. The quantitative estimate of drug-likeness (QED) is 0.807. The zero-order chi connectivity index (χ0) is 14.9. The molecule has 0 radical (unpaired) electrons. The van der Waals surface area contributed by atoms with Crippen molar-refractivity contribution >= 4 is 38.9 Å². The molecule has 2 nitrogen and oxygen atoms in total. The van der Waals surface area contributed by atoms with Crippen molar-refractivity contribution in [1.82, 2.24) is 10.3 Å². The molecule has 8 heteroatoms. The van der Waals surface area contributed by atoms with Crippen LogP contribution >= 0.6 is 38.9 Å². The minimum Gasteiger partial charge on any atom is -0.315 e. The second-order valence-electron chi connectivity index (χ2n) is 3.95. The Kier molecular flexibility index (Phi) is 4.73. The lowest BCUT2D eigenvalue weighted by Gasteiger charge is -2.04. The molecule has 2 aromatic rings. The third-order valence-electron chi connectivity index (χ3n) is 2.47. The average molecular weight is 386 g/mol. The van der Waals surface area contributed by atoms with Crippen LogP contribution in [0.1, 0.15) is 10.6 Å². The van der Waals surface area contributed by atoms with E-state index in [4.69, 9.17) is 11.6 Å². The van der Waals surface area contributed by atoms with Gasteiger partial charge < -0.3 is 5.32 Å². The number of nitrogens with zero attached hydrogens (tertiary/aromatic N) is 1. The molecule has 0 atom stereocenters. The Balaban J connectivity index is 2.49. The van der Waals surface area contributed by atoms with E-state index in [0.29, 0.717) is 20.1 Å². The minimum atomic E-state index is -4.45. The van der Waals surface area contributed by atoms with Crippen molar-refractivity contribution < 1.29 is 13.2 Å². The van der Waals surface area contributed by atoms with Gasteiger partial charge in [-0.05, 0) is 35.1 Å². The van der Waals surface area contributed by atoms with Crippen molar-refractivity contribution in [2.24, 2.45) is 0 Å². The molecule has 1 aromatic carbocycles. The van der Waals surface area contributed by atoms with Crippen molar-refractivity contribution in [2.45, 2.75) is 12.7 Å². The highest BCUT2D eigenvalue weighted by molar-refractivity contribution is 9.10. The van der Waals surface area contributed by atoms with Gasteiger partial charge in [0.05, 0.1) is 9.90 Å². The van der Waals surface area contributed by atoms with Gasteiger partial charge in [-0.3, -0.25) is 0 Å². The topological polar surface area (TPSA) is 24.9 Å². The van der Waals surface area contributed by atoms with E-state index in [2.05, 4.69) is 26.2 Å². The van der Waals surface area contributed by atoms with Gasteiger partial charge in [0.25, 0.3) is 0 Å². The van der Waals surface area contributed by atoms with Gasteiger partial charge in [0.1, 0.15) is 5.01 Å². The minimum absolute atomic E-state index is 0.126. The summed E-state index contributed by atoms with van der Waals surface area (Å²) in [5, 5.41) is 3.54. The van der Waals surface area contributed by atoms with E-state index in [1.165, 1.54) is 0 Å². The molecule has 20 heavy (non-hydrogen) atoms. The smallest absolute Gasteiger partial charge is 0.315 e. The summed E-state index contributed by atoms with van der Waals surface area (Å²) in [6.07, 6.45) is -4.45. The summed E-state index contributed by atoms with van der Waals surface area (Å²) in [5.74, 6) is 0. The second kappa shape index (κ2) is 6.01. The van der Waals surface area contributed by atoms with Crippen LogP contribution in [0.15, 0.2) is 22.7 Å². The van der Waals surface area contributed by atoms with Gasteiger partial charge in [-0.25, -0.2) is 4.98 Å². The van der Waals surface area contributed by atoms with Crippen molar-refractivity contribution in [3.8, 4) is 10.6 Å². The van der Waals surface area contributed by atoms with Crippen molar-refractivity contribution in [1.29, 1.82) is 0 Å². The van der Waals surface area contributed by atoms with E-state index in [1.54, 1.807) is 25.2 Å². The van der Waals surface area contributed by atoms with Gasteiger partial charge in [-0.15, -0.1) is 11.3 Å². The summed E-state index contributed by atoms with van der Waals surface area (Å²) >= 11 is 10.1. The first-order valence-corrected chi connectivity index (χ1v) is 7.48. The molecule has 0 amide bonds. The number of alkyl halides is 3. The van der Waals surface area contributed by atoms with Gasteiger partial charge in [-0.1, -0.05) is 17.7 Å². The maximum absolute atomic E-state index is 12.9. The Hall–Kier alpha value is -0.630. The molecule has 0 aliphatic heterocycles.